The van der Waals surface area contributed by atoms with Crippen molar-refractivity contribution in [2.75, 3.05) is 11.2 Å². The second kappa shape index (κ2) is 6.51. The van der Waals surface area contributed by atoms with Crippen molar-refractivity contribution in [1.82, 2.24) is 0 Å². The Morgan fingerprint density at radius 3 is 2.86 bits per heavy atom. The summed E-state index contributed by atoms with van der Waals surface area (Å²) in [6.07, 6.45) is 2.84. The molecular formula is C17H15ClN2OS. The molecule has 1 aromatic heterocycles. The highest BCUT2D eigenvalue weighted by atomic mass is 35.5. The number of benzene rings is 1. The van der Waals surface area contributed by atoms with Crippen LogP contribution < -0.4 is 5.32 Å². The molecular weight excluding hydrogens is 316 g/mol. The number of thiophene rings is 1. The lowest BCUT2D eigenvalue weighted by atomic mass is 9.83. The second-order valence-corrected chi connectivity index (χ2v) is 6.72. The predicted molar refractivity (Wildman–Crippen MR) is 89.6 cm³/mol. The number of amides is 1. The molecule has 0 saturated heterocycles. The molecule has 0 radical (unpaired) electrons. The normalized spacial score (nSPS) is 16.6. The molecule has 5 heteroatoms. The summed E-state index contributed by atoms with van der Waals surface area (Å²) in [5.41, 5.74) is 3.06. The first-order valence-electron chi connectivity index (χ1n) is 7.18. The van der Waals surface area contributed by atoms with Gasteiger partial charge in [0.25, 0.3) is 0 Å². The molecule has 1 heterocycles. The summed E-state index contributed by atoms with van der Waals surface area (Å²) in [5.74, 6) is 0.118. The number of carbonyl (C=O) groups is 1. The Balaban J connectivity index is 1.89. The molecule has 0 spiro atoms. The van der Waals surface area contributed by atoms with Gasteiger partial charge in [-0.1, -0.05) is 30.3 Å². The van der Waals surface area contributed by atoms with Gasteiger partial charge in [-0.15, -0.1) is 22.9 Å². The van der Waals surface area contributed by atoms with Crippen molar-refractivity contribution in [2.45, 2.75) is 25.2 Å². The van der Waals surface area contributed by atoms with Crippen LogP contribution in [0.2, 0.25) is 0 Å². The Labute approximate surface area is 138 Å². The fourth-order valence-electron chi connectivity index (χ4n) is 2.96. The highest BCUT2D eigenvalue weighted by Gasteiger charge is 2.27. The van der Waals surface area contributed by atoms with Gasteiger partial charge in [-0.2, -0.15) is 5.26 Å². The van der Waals surface area contributed by atoms with Crippen LogP contribution in [-0.2, 0) is 17.6 Å². The first-order valence-corrected chi connectivity index (χ1v) is 8.53. The Kier molecular flexibility index (Phi) is 4.47. The van der Waals surface area contributed by atoms with Gasteiger partial charge >= 0.3 is 0 Å². The van der Waals surface area contributed by atoms with Crippen LogP contribution in [-0.4, -0.2) is 11.8 Å². The number of carbonyl (C=O) groups excluding carboxylic acids is 1. The standard InChI is InChI=1S/C17H15ClN2OS/c18-9-16(21)20-17-14(10-19)13-7-6-12(8-15(13)22-17)11-4-2-1-3-5-11/h1-5,12H,6-9H2,(H,20,21). The largest absolute Gasteiger partial charge is 0.316 e. The quantitative estimate of drug-likeness (QED) is 0.862. The summed E-state index contributed by atoms with van der Waals surface area (Å²) < 4.78 is 0. The summed E-state index contributed by atoms with van der Waals surface area (Å²) >= 11 is 7.05. The van der Waals surface area contributed by atoms with Crippen LogP contribution in [0.4, 0.5) is 5.00 Å². The van der Waals surface area contributed by atoms with Crippen molar-refractivity contribution in [3.05, 3.63) is 51.9 Å². The van der Waals surface area contributed by atoms with Crippen molar-refractivity contribution in [3.63, 3.8) is 0 Å². The van der Waals surface area contributed by atoms with E-state index >= 15 is 0 Å². The maximum absolute atomic E-state index is 11.5. The summed E-state index contributed by atoms with van der Waals surface area (Å²) in [4.78, 5) is 12.7. The number of nitrogens with zero attached hydrogens (tertiary/aromatic N) is 1. The zero-order chi connectivity index (χ0) is 15.5. The minimum absolute atomic E-state index is 0.0971. The monoisotopic (exact) mass is 330 g/mol. The van der Waals surface area contributed by atoms with Gasteiger partial charge in [0, 0.05) is 4.88 Å². The highest BCUT2D eigenvalue weighted by molar-refractivity contribution is 7.16. The average molecular weight is 331 g/mol. The van der Waals surface area contributed by atoms with E-state index in [4.69, 9.17) is 11.6 Å². The first kappa shape index (κ1) is 15.1. The maximum atomic E-state index is 11.5. The van der Waals surface area contributed by atoms with Crippen LogP contribution in [0.15, 0.2) is 30.3 Å². The number of nitrogens with one attached hydrogen (secondary N) is 1. The van der Waals surface area contributed by atoms with E-state index in [1.54, 1.807) is 0 Å². The van der Waals surface area contributed by atoms with Gasteiger partial charge in [0.1, 0.15) is 17.0 Å². The van der Waals surface area contributed by atoms with E-state index in [1.165, 1.54) is 21.8 Å². The van der Waals surface area contributed by atoms with Crippen molar-refractivity contribution in [1.29, 1.82) is 5.26 Å². The molecule has 0 aliphatic heterocycles. The lowest BCUT2D eigenvalue weighted by Crippen LogP contribution is -2.13. The summed E-state index contributed by atoms with van der Waals surface area (Å²) in [6, 6.07) is 12.7. The third kappa shape index (κ3) is 2.87. The zero-order valence-electron chi connectivity index (χ0n) is 11.9. The SMILES string of the molecule is N#Cc1c(NC(=O)CCl)sc2c1CCC(c1ccccc1)C2. The van der Waals surface area contributed by atoms with Crippen molar-refractivity contribution in [3.8, 4) is 6.07 Å². The highest BCUT2D eigenvalue weighted by Crippen LogP contribution is 2.42. The molecule has 1 aromatic carbocycles. The lowest BCUT2D eigenvalue weighted by Gasteiger charge is -2.22. The van der Waals surface area contributed by atoms with Crippen LogP contribution in [0.1, 0.15) is 33.9 Å². The number of nitriles is 1. The molecule has 2 aromatic rings. The van der Waals surface area contributed by atoms with E-state index in [1.807, 2.05) is 6.07 Å². The van der Waals surface area contributed by atoms with Gasteiger partial charge in [-0.25, -0.2) is 0 Å². The van der Waals surface area contributed by atoms with Crippen molar-refractivity contribution in [2.24, 2.45) is 0 Å². The molecule has 0 fully saturated rings. The zero-order valence-corrected chi connectivity index (χ0v) is 13.5. The minimum atomic E-state index is -0.267. The molecule has 112 valence electrons. The summed E-state index contributed by atoms with van der Waals surface area (Å²) in [5, 5.41) is 12.8. The van der Waals surface area contributed by atoms with E-state index in [0.717, 1.165) is 24.8 Å². The number of fused-ring (bicyclic) bond motifs is 1. The average Bonchev–Trinajstić information content (AvgIpc) is 2.91. The van der Waals surface area contributed by atoms with Crippen LogP contribution >= 0.6 is 22.9 Å². The van der Waals surface area contributed by atoms with E-state index < -0.39 is 0 Å². The van der Waals surface area contributed by atoms with E-state index in [2.05, 4.69) is 35.7 Å². The predicted octanol–water partition coefficient (Wildman–Crippen LogP) is 4.07. The van der Waals surface area contributed by atoms with Crippen molar-refractivity contribution < 1.29 is 4.79 Å². The molecule has 3 nitrogen and oxygen atoms in total. The fourth-order valence-corrected chi connectivity index (χ4v) is 4.32. The Bertz CT molecular complexity index is 733. The molecule has 1 N–H and O–H groups in total. The number of alkyl halides is 1. The van der Waals surface area contributed by atoms with Crippen molar-refractivity contribution >= 4 is 33.8 Å². The Morgan fingerprint density at radius 2 is 2.18 bits per heavy atom. The number of hydrogen-bond donors (Lipinski definition) is 1. The van der Waals surface area contributed by atoms with E-state index in [9.17, 15) is 10.1 Å². The van der Waals surface area contributed by atoms with Crippen LogP contribution in [0.25, 0.3) is 0 Å². The maximum Gasteiger partial charge on any atom is 0.239 e. The molecule has 1 atom stereocenters. The van der Waals surface area contributed by atoms with Gasteiger partial charge in [0.05, 0.1) is 5.56 Å². The van der Waals surface area contributed by atoms with Crippen LogP contribution in [0.5, 0.6) is 0 Å². The molecule has 1 amide bonds. The smallest absolute Gasteiger partial charge is 0.239 e. The van der Waals surface area contributed by atoms with Crippen LogP contribution in [0.3, 0.4) is 0 Å². The lowest BCUT2D eigenvalue weighted by molar-refractivity contribution is -0.113. The van der Waals surface area contributed by atoms with Gasteiger partial charge in [0.2, 0.25) is 5.91 Å². The first-order chi connectivity index (χ1) is 10.7. The van der Waals surface area contributed by atoms with Gasteiger partial charge in [-0.05, 0) is 36.3 Å². The summed E-state index contributed by atoms with van der Waals surface area (Å²) in [7, 11) is 0. The topological polar surface area (TPSA) is 52.9 Å². The number of hydrogen-bond acceptors (Lipinski definition) is 3. The van der Waals surface area contributed by atoms with Crippen LogP contribution in [0, 0.1) is 11.3 Å². The van der Waals surface area contributed by atoms with Gasteiger partial charge in [-0.3, -0.25) is 4.79 Å². The summed E-state index contributed by atoms with van der Waals surface area (Å²) in [6.45, 7) is 0. The van der Waals surface area contributed by atoms with E-state index in [-0.39, 0.29) is 11.8 Å². The fraction of sp³-hybridized carbons (Fsp3) is 0.294. The van der Waals surface area contributed by atoms with Gasteiger partial charge < -0.3 is 5.32 Å². The molecule has 1 aliphatic carbocycles. The number of anilines is 1. The molecule has 0 bridgehead atoms. The van der Waals surface area contributed by atoms with Gasteiger partial charge in [0.15, 0.2) is 0 Å². The molecule has 3 rings (SSSR count). The second-order valence-electron chi connectivity index (χ2n) is 5.35. The minimum Gasteiger partial charge on any atom is -0.316 e. The Morgan fingerprint density at radius 1 is 1.41 bits per heavy atom. The number of halogens is 1. The third-order valence-electron chi connectivity index (χ3n) is 4.02. The molecule has 22 heavy (non-hydrogen) atoms. The van der Waals surface area contributed by atoms with E-state index in [0.29, 0.717) is 16.5 Å². The molecule has 1 aliphatic rings. The Hall–Kier alpha value is -1.83. The molecule has 1 unspecified atom stereocenters. The molecule has 0 saturated carbocycles. The number of rotatable bonds is 3. The third-order valence-corrected chi connectivity index (χ3v) is 5.43.